The Balaban J connectivity index is 1.25. The summed E-state index contributed by atoms with van der Waals surface area (Å²) in [6.07, 6.45) is 7.86. The number of imidazole rings is 1. The van der Waals surface area contributed by atoms with Crippen LogP contribution in [0.5, 0.6) is 0 Å². The molecule has 0 bridgehead atoms. The van der Waals surface area contributed by atoms with Gasteiger partial charge in [0.05, 0.1) is 22.9 Å². The molecule has 0 atom stereocenters. The summed E-state index contributed by atoms with van der Waals surface area (Å²) in [4.78, 5) is 34.1. The predicted octanol–water partition coefficient (Wildman–Crippen LogP) is 4.19. The van der Waals surface area contributed by atoms with Gasteiger partial charge >= 0.3 is 0 Å². The number of nitrogens with one attached hydrogen (secondary N) is 3. The van der Waals surface area contributed by atoms with Crippen LogP contribution in [0.25, 0.3) is 44.6 Å². The largest absolute Gasteiger partial charge is 0.352 e. The molecule has 7 rings (SSSR count). The fourth-order valence-corrected chi connectivity index (χ4v) is 5.29. The van der Waals surface area contributed by atoms with Gasteiger partial charge in [0.25, 0.3) is 0 Å². The van der Waals surface area contributed by atoms with E-state index in [2.05, 4.69) is 47.3 Å². The Kier molecular flexibility index (Phi) is 5.73. The summed E-state index contributed by atoms with van der Waals surface area (Å²) in [7, 11) is 2.12. The average Bonchev–Trinajstić information content (AvgIpc) is 3.51. The molecule has 1 saturated carbocycles. The van der Waals surface area contributed by atoms with E-state index < -0.39 is 5.82 Å². The van der Waals surface area contributed by atoms with Gasteiger partial charge in [0.15, 0.2) is 11.6 Å². The van der Waals surface area contributed by atoms with Crippen molar-refractivity contribution in [3.63, 3.8) is 0 Å². The van der Waals surface area contributed by atoms with Crippen molar-refractivity contribution in [3.05, 3.63) is 48.7 Å². The molecule has 2 fully saturated rings. The van der Waals surface area contributed by atoms with Gasteiger partial charge in [0, 0.05) is 67.1 Å². The lowest BCUT2D eigenvalue weighted by molar-refractivity contribution is -0.122. The van der Waals surface area contributed by atoms with E-state index in [4.69, 9.17) is 4.98 Å². The number of hydrogen-bond acceptors (Lipinski definition) is 7. The van der Waals surface area contributed by atoms with E-state index >= 15 is 4.39 Å². The number of aromatic amines is 2. The molecule has 1 aliphatic carbocycles. The van der Waals surface area contributed by atoms with Crippen LogP contribution in [0.3, 0.4) is 0 Å². The minimum atomic E-state index is -0.409. The summed E-state index contributed by atoms with van der Waals surface area (Å²) in [5, 5.41) is 11.1. The maximum absolute atomic E-state index is 15.3. The zero-order valence-corrected chi connectivity index (χ0v) is 21.5. The zero-order chi connectivity index (χ0) is 26.5. The number of hydrogen-bond donors (Lipinski definition) is 3. The molecule has 1 saturated heterocycles. The quantitative estimate of drug-likeness (QED) is 0.315. The number of aromatic nitrogens is 6. The second-order valence-corrected chi connectivity index (χ2v) is 10.4. The molecular weight excluding hydrogens is 497 g/mol. The van der Waals surface area contributed by atoms with Crippen LogP contribution in [0.15, 0.2) is 42.9 Å². The van der Waals surface area contributed by atoms with E-state index in [0.29, 0.717) is 33.8 Å². The van der Waals surface area contributed by atoms with Gasteiger partial charge in [-0.15, -0.1) is 0 Å². The first kappa shape index (κ1) is 23.7. The smallest absolute Gasteiger partial charge is 0.227 e. The topological polar surface area (TPSA) is 119 Å². The van der Waals surface area contributed by atoms with Gasteiger partial charge in [-0.1, -0.05) is 6.42 Å². The summed E-state index contributed by atoms with van der Waals surface area (Å²) in [6.45, 7) is 3.70. The van der Waals surface area contributed by atoms with Crippen LogP contribution in [0.1, 0.15) is 19.3 Å². The third-order valence-corrected chi connectivity index (χ3v) is 7.85. The second kappa shape index (κ2) is 9.42. The molecule has 2 aliphatic rings. The number of halogens is 1. The summed E-state index contributed by atoms with van der Waals surface area (Å²) >= 11 is 0. The Hall–Kier alpha value is -4.38. The number of carbonyl (C=O) groups excluding carboxylic acids is 1. The summed E-state index contributed by atoms with van der Waals surface area (Å²) in [5.41, 5.74) is 4.30. The van der Waals surface area contributed by atoms with E-state index in [0.717, 1.165) is 67.7 Å². The van der Waals surface area contributed by atoms with Crippen molar-refractivity contribution < 1.29 is 9.18 Å². The van der Waals surface area contributed by atoms with Gasteiger partial charge in [-0.2, -0.15) is 5.10 Å². The van der Waals surface area contributed by atoms with E-state index in [1.807, 2.05) is 6.07 Å². The molecular formula is C28H28FN9O. The monoisotopic (exact) mass is 525 g/mol. The van der Waals surface area contributed by atoms with Crippen LogP contribution >= 0.6 is 0 Å². The van der Waals surface area contributed by atoms with Crippen LogP contribution in [0.4, 0.5) is 15.9 Å². The molecule has 1 aliphatic heterocycles. The van der Waals surface area contributed by atoms with Crippen molar-refractivity contribution in [1.29, 1.82) is 0 Å². The lowest BCUT2D eigenvalue weighted by Gasteiger charge is -2.33. The molecule has 0 unspecified atom stereocenters. The number of pyridine rings is 2. The van der Waals surface area contributed by atoms with Gasteiger partial charge in [0.2, 0.25) is 5.91 Å². The number of benzene rings is 1. The van der Waals surface area contributed by atoms with Crippen molar-refractivity contribution >= 4 is 39.3 Å². The standard InChI is InChI=1S/C28H28FN9O/c1-37-7-9-38(10-8-37)27-25-22(5-6-31-27)33-26(34-25)24-20-12-19(21(29)13-23(20)35-36-24)17-11-18(15-30-14-17)32-28(39)16-3-2-4-16/h5-6,11-16H,2-4,7-10H2,1H3,(H,32,39)(H,33,34)(H,35,36). The molecule has 39 heavy (non-hydrogen) atoms. The van der Waals surface area contributed by atoms with Crippen LogP contribution in [-0.4, -0.2) is 74.2 Å². The SMILES string of the molecule is CN1CCN(c2nccc3[nH]c(-c4n[nH]c5cc(F)c(-c6cncc(NC(=O)C7CCC7)c6)cc45)nc23)CC1. The van der Waals surface area contributed by atoms with E-state index in [1.54, 1.807) is 30.7 Å². The average molecular weight is 526 g/mol. The molecule has 0 radical (unpaired) electrons. The second-order valence-electron chi connectivity index (χ2n) is 10.4. The minimum absolute atomic E-state index is 0.0106. The van der Waals surface area contributed by atoms with E-state index in [-0.39, 0.29) is 11.8 Å². The highest BCUT2D eigenvalue weighted by Gasteiger charge is 2.25. The fourth-order valence-electron chi connectivity index (χ4n) is 5.29. The van der Waals surface area contributed by atoms with Gasteiger partial charge in [-0.05, 0) is 38.1 Å². The van der Waals surface area contributed by atoms with Gasteiger partial charge in [-0.3, -0.25) is 14.9 Å². The molecule has 3 N–H and O–H groups in total. The van der Waals surface area contributed by atoms with Crippen molar-refractivity contribution in [3.8, 4) is 22.6 Å². The summed E-state index contributed by atoms with van der Waals surface area (Å²) < 4.78 is 15.3. The number of likely N-dealkylation sites (N-methyl/N-ethyl adjacent to an activating group) is 1. The Bertz CT molecular complexity index is 1700. The minimum Gasteiger partial charge on any atom is -0.352 e. The van der Waals surface area contributed by atoms with Gasteiger partial charge < -0.3 is 20.1 Å². The van der Waals surface area contributed by atoms with E-state index in [9.17, 15) is 4.79 Å². The Morgan fingerprint density at radius 3 is 2.74 bits per heavy atom. The maximum Gasteiger partial charge on any atom is 0.227 e. The van der Waals surface area contributed by atoms with E-state index in [1.165, 1.54) is 6.07 Å². The molecule has 4 aromatic heterocycles. The van der Waals surface area contributed by atoms with Crippen molar-refractivity contribution in [1.82, 2.24) is 35.0 Å². The molecule has 0 spiro atoms. The van der Waals surface area contributed by atoms with Crippen LogP contribution in [0, 0.1) is 11.7 Å². The number of anilines is 2. The molecule has 5 heterocycles. The van der Waals surface area contributed by atoms with Crippen LogP contribution < -0.4 is 10.2 Å². The first-order chi connectivity index (χ1) is 19.0. The van der Waals surface area contributed by atoms with Gasteiger partial charge in [0.1, 0.15) is 17.0 Å². The third kappa shape index (κ3) is 4.28. The number of carbonyl (C=O) groups is 1. The van der Waals surface area contributed by atoms with Crippen LogP contribution in [-0.2, 0) is 4.79 Å². The molecule has 10 nitrogen and oxygen atoms in total. The predicted molar refractivity (Wildman–Crippen MR) is 148 cm³/mol. The first-order valence-corrected chi connectivity index (χ1v) is 13.3. The number of nitrogens with zero attached hydrogens (tertiary/aromatic N) is 6. The Morgan fingerprint density at radius 1 is 1.10 bits per heavy atom. The molecule has 198 valence electrons. The number of fused-ring (bicyclic) bond motifs is 2. The van der Waals surface area contributed by atoms with Crippen LogP contribution in [0.2, 0.25) is 0 Å². The van der Waals surface area contributed by atoms with Crippen molar-refractivity contribution in [2.45, 2.75) is 19.3 Å². The lowest BCUT2D eigenvalue weighted by atomic mass is 9.85. The Morgan fingerprint density at radius 2 is 1.95 bits per heavy atom. The number of piperazine rings is 1. The number of rotatable bonds is 5. The van der Waals surface area contributed by atoms with Gasteiger partial charge in [-0.25, -0.2) is 14.4 Å². The molecule has 5 aromatic rings. The highest BCUT2D eigenvalue weighted by atomic mass is 19.1. The highest BCUT2D eigenvalue weighted by molar-refractivity contribution is 5.98. The number of H-pyrrole nitrogens is 2. The summed E-state index contributed by atoms with van der Waals surface area (Å²) in [5.74, 6) is 1.06. The number of amides is 1. The normalized spacial score (nSPS) is 16.6. The Labute approximate surface area is 223 Å². The first-order valence-electron chi connectivity index (χ1n) is 13.3. The van der Waals surface area contributed by atoms with Crippen molar-refractivity contribution in [2.75, 3.05) is 43.4 Å². The lowest BCUT2D eigenvalue weighted by Crippen LogP contribution is -2.44. The third-order valence-electron chi connectivity index (χ3n) is 7.85. The fraction of sp³-hybridized carbons (Fsp3) is 0.321. The molecule has 1 aromatic carbocycles. The zero-order valence-electron chi connectivity index (χ0n) is 21.5. The maximum atomic E-state index is 15.3. The summed E-state index contributed by atoms with van der Waals surface area (Å²) in [6, 6.07) is 6.84. The molecule has 11 heteroatoms. The van der Waals surface area contributed by atoms with Crippen molar-refractivity contribution in [2.24, 2.45) is 5.92 Å². The molecule has 1 amide bonds. The highest BCUT2D eigenvalue weighted by Crippen LogP contribution is 2.34.